The Bertz CT molecular complexity index is 767. The van der Waals surface area contributed by atoms with E-state index in [-0.39, 0.29) is 11.5 Å². The lowest BCUT2D eigenvalue weighted by molar-refractivity contribution is -0.152. The highest BCUT2D eigenvalue weighted by Crippen LogP contribution is 2.36. The molecule has 24 heavy (non-hydrogen) atoms. The van der Waals surface area contributed by atoms with Crippen molar-refractivity contribution in [3.05, 3.63) is 23.4 Å². The number of aromatic amines is 1. The summed E-state index contributed by atoms with van der Waals surface area (Å²) in [4.78, 5) is 15.9. The third-order valence-electron chi connectivity index (χ3n) is 5.21. The quantitative estimate of drug-likeness (QED) is 0.859. The minimum absolute atomic E-state index is 0.134. The maximum Gasteiger partial charge on any atom is 0.219 e. The molecule has 128 valence electrons. The van der Waals surface area contributed by atoms with E-state index < -0.39 is 0 Å². The number of aromatic nitrogens is 2. The maximum atomic E-state index is 11.7. The number of H-pyrrole nitrogens is 1. The van der Waals surface area contributed by atoms with Gasteiger partial charge in [-0.2, -0.15) is 5.10 Å². The molecule has 0 atom stereocenters. The molecule has 1 aromatic carbocycles. The Balaban J connectivity index is 1.53. The number of nitrogens with zero attached hydrogens (tertiary/aromatic N) is 3. The van der Waals surface area contributed by atoms with E-state index in [0.717, 1.165) is 42.5 Å². The molecule has 6 nitrogen and oxygen atoms in total. The molecule has 0 aliphatic carbocycles. The van der Waals surface area contributed by atoms with E-state index >= 15 is 0 Å². The van der Waals surface area contributed by atoms with E-state index in [1.54, 1.807) is 6.92 Å². The number of carbonyl (C=O) groups is 1. The smallest absolute Gasteiger partial charge is 0.219 e. The fourth-order valence-electron chi connectivity index (χ4n) is 3.83. The molecular weight excluding hydrogens is 328 g/mol. The van der Waals surface area contributed by atoms with Gasteiger partial charge in [0.25, 0.3) is 0 Å². The number of ether oxygens (including phenoxy) is 1. The van der Waals surface area contributed by atoms with E-state index in [1.807, 2.05) is 23.2 Å². The molecule has 1 aromatic heterocycles. The molecule has 2 aliphatic rings. The highest BCUT2D eigenvalue weighted by molar-refractivity contribution is 6.31. The topological polar surface area (TPSA) is 61.5 Å². The first-order valence-corrected chi connectivity index (χ1v) is 8.71. The number of hydrogen-bond donors (Lipinski definition) is 1. The molecule has 2 saturated heterocycles. The van der Waals surface area contributed by atoms with Gasteiger partial charge in [0, 0.05) is 49.2 Å². The average Bonchev–Trinajstić information content (AvgIpc) is 3.03. The first-order chi connectivity index (χ1) is 11.6. The Labute approximate surface area is 145 Å². The van der Waals surface area contributed by atoms with Crippen LogP contribution in [-0.4, -0.2) is 59.4 Å². The number of nitrogens with one attached hydrogen (secondary N) is 1. The van der Waals surface area contributed by atoms with Crippen LogP contribution >= 0.6 is 11.6 Å². The van der Waals surface area contributed by atoms with Crippen molar-refractivity contribution in [3.63, 3.8) is 0 Å². The molecule has 2 aliphatic heterocycles. The Kier molecular flexibility index (Phi) is 3.89. The summed E-state index contributed by atoms with van der Waals surface area (Å²) < 4.78 is 6.10. The van der Waals surface area contributed by atoms with Crippen LogP contribution in [0, 0.1) is 0 Å². The van der Waals surface area contributed by atoms with Crippen molar-refractivity contribution < 1.29 is 9.53 Å². The minimum Gasteiger partial charge on any atom is -0.371 e. The van der Waals surface area contributed by atoms with Crippen molar-refractivity contribution in [1.29, 1.82) is 0 Å². The summed E-state index contributed by atoms with van der Waals surface area (Å²) in [7, 11) is 0. The van der Waals surface area contributed by atoms with Gasteiger partial charge in [0.15, 0.2) is 0 Å². The lowest BCUT2D eigenvalue weighted by atomic mass is 9.89. The number of hydrogen-bond acceptors (Lipinski definition) is 4. The largest absolute Gasteiger partial charge is 0.371 e. The van der Waals surface area contributed by atoms with Gasteiger partial charge in [-0.05, 0) is 25.0 Å². The first-order valence-electron chi connectivity index (χ1n) is 8.33. The van der Waals surface area contributed by atoms with Crippen LogP contribution in [-0.2, 0) is 9.53 Å². The van der Waals surface area contributed by atoms with Crippen molar-refractivity contribution in [3.8, 4) is 0 Å². The standard InChI is InChI=1S/C17H21ClN4O2/c1-12(23)22-6-7-24-17(11-22)2-4-21(5-3-17)16-9-13(18)8-15-14(16)10-19-20-15/h8-10H,2-7,11H2,1H3,(H,19,20). The van der Waals surface area contributed by atoms with Gasteiger partial charge in [0.2, 0.25) is 5.91 Å². The normalized spacial score (nSPS) is 20.8. The van der Waals surface area contributed by atoms with Gasteiger partial charge in [0.1, 0.15) is 0 Å². The second-order valence-electron chi connectivity index (χ2n) is 6.72. The van der Waals surface area contributed by atoms with E-state index in [0.29, 0.717) is 24.7 Å². The molecule has 2 aromatic rings. The lowest BCUT2D eigenvalue weighted by Gasteiger charge is -2.47. The Morgan fingerprint density at radius 3 is 2.88 bits per heavy atom. The van der Waals surface area contributed by atoms with Gasteiger partial charge in [0.05, 0.1) is 23.9 Å². The van der Waals surface area contributed by atoms with E-state index in [4.69, 9.17) is 16.3 Å². The molecule has 1 N–H and O–H groups in total. The molecule has 1 spiro atoms. The predicted octanol–water partition coefficient (Wildman–Crippen LogP) is 2.43. The number of piperidine rings is 1. The summed E-state index contributed by atoms with van der Waals surface area (Å²) in [5.41, 5.74) is 1.86. The maximum absolute atomic E-state index is 11.7. The van der Waals surface area contributed by atoms with E-state index in [9.17, 15) is 4.79 Å². The van der Waals surface area contributed by atoms with Gasteiger partial charge >= 0.3 is 0 Å². The molecule has 0 bridgehead atoms. The second-order valence-corrected chi connectivity index (χ2v) is 7.15. The number of carbonyl (C=O) groups excluding carboxylic acids is 1. The Hall–Kier alpha value is -1.79. The molecule has 0 saturated carbocycles. The highest BCUT2D eigenvalue weighted by atomic mass is 35.5. The number of benzene rings is 1. The van der Waals surface area contributed by atoms with Gasteiger partial charge < -0.3 is 14.5 Å². The van der Waals surface area contributed by atoms with Gasteiger partial charge in [-0.25, -0.2) is 0 Å². The van der Waals surface area contributed by atoms with Gasteiger partial charge in [-0.3, -0.25) is 9.89 Å². The molecule has 4 rings (SSSR count). The zero-order valence-electron chi connectivity index (χ0n) is 13.7. The van der Waals surface area contributed by atoms with Crippen LogP contribution < -0.4 is 4.90 Å². The molecule has 7 heteroatoms. The van der Waals surface area contributed by atoms with Crippen LogP contribution in [0.5, 0.6) is 0 Å². The summed E-state index contributed by atoms with van der Waals surface area (Å²) in [6, 6.07) is 3.90. The van der Waals surface area contributed by atoms with Crippen LogP contribution in [0.1, 0.15) is 19.8 Å². The number of rotatable bonds is 1. The van der Waals surface area contributed by atoms with Crippen LogP contribution in [0.2, 0.25) is 5.02 Å². The van der Waals surface area contributed by atoms with E-state index in [2.05, 4.69) is 15.1 Å². The van der Waals surface area contributed by atoms with Crippen LogP contribution in [0.15, 0.2) is 18.3 Å². The number of fused-ring (bicyclic) bond motifs is 1. The first kappa shape index (κ1) is 15.7. The minimum atomic E-state index is -0.200. The Morgan fingerprint density at radius 1 is 1.33 bits per heavy atom. The van der Waals surface area contributed by atoms with Crippen LogP contribution in [0.4, 0.5) is 5.69 Å². The highest BCUT2D eigenvalue weighted by Gasteiger charge is 2.40. The zero-order chi connectivity index (χ0) is 16.7. The van der Waals surface area contributed by atoms with Gasteiger partial charge in [-0.15, -0.1) is 0 Å². The third-order valence-corrected chi connectivity index (χ3v) is 5.43. The number of morpholine rings is 1. The lowest BCUT2D eigenvalue weighted by Crippen LogP contribution is -2.57. The summed E-state index contributed by atoms with van der Waals surface area (Å²) in [6.07, 6.45) is 3.66. The van der Waals surface area contributed by atoms with Crippen LogP contribution in [0.3, 0.4) is 0 Å². The predicted molar refractivity (Wildman–Crippen MR) is 93.5 cm³/mol. The average molecular weight is 349 g/mol. The van der Waals surface area contributed by atoms with Crippen molar-refractivity contribution in [2.45, 2.75) is 25.4 Å². The number of halogens is 1. The fraction of sp³-hybridized carbons (Fsp3) is 0.529. The summed E-state index contributed by atoms with van der Waals surface area (Å²) in [5.74, 6) is 0.134. The number of amides is 1. The molecule has 0 radical (unpaired) electrons. The molecule has 2 fully saturated rings. The summed E-state index contributed by atoms with van der Waals surface area (Å²) in [6.45, 7) is 5.43. The van der Waals surface area contributed by atoms with Gasteiger partial charge in [-0.1, -0.05) is 11.6 Å². The summed E-state index contributed by atoms with van der Waals surface area (Å²) >= 11 is 6.25. The molecular formula is C17H21ClN4O2. The Morgan fingerprint density at radius 2 is 2.12 bits per heavy atom. The SMILES string of the molecule is CC(=O)N1CCOC2(CCN(c3cc(Cl)cc4[nH]ncc34)CC2)C1. The van der Waals surface area contributed by atoms with Crippen molar-refractivity contribution in [2.24, 2.45) is 0 Å². The molecule has 3 heterocycles. The molecule has 0 unspecified atom stereocenters. The van der Waals surface area contributed by atoms with E-state index in [1.165, 1.54) is 0 Å². The van der Waals surface area contributed by atoms with Crippen molar-refractivity contribution in [1.82, 2.24) is 15.1 Å². The van der Waals surface area contributed by atoms with Crippen molar-refractivity contribution in [2.75, 3.05) is 37.7 Å². The monoisotopic (exact) mass is 348 g/mol. The van der Waals surface area contributed by atoms with Crippen molar-refractivity contribution >= 4 is 34.1 Å². The third kappa shape index (κ3) is 2.74. The second kappa shape index (κ2) is 5.93. The van der Waals surface area contributed by atoms with Crippen LogP contribution in [0.25, 0.3) is 10.9 Å². The molecule has 1 amide bonds. The summed E-state index contributed by atoms with van der Waals surface area (Å²) in [5, 5.41) is 8.91. The zero-order valence-corrected chi connectivity index (χ0v) is 14.5. The number of anilines is 1. The fourth-order valence-corrected chi connectivity index (χ4v) is 4.04.